The van der Waals surface area contributed by atoms with Gasteiger partial charge in [0.25, 0.3) is 5.56 Å². The molecule has 0 fully saturated rings. The van der Waals surface area contributed by atoms with Gasteiger partial charge in [0.15, 0.2) is 0 Å². The van der Waals surface area contributed by atoms with Crippen LogP contribution in [0.3, 0.4) is 0 Å². The second kappa shape index (κ2) is 6.82. The molecule has 6 heteroatoms. The van der Waals surface area contributed by atoms with Crippen LogP contribution in [0.5, 0.6) is 0 Å². The van der Waals surface area contributed by atoms with E-state index >= 15 is 0 Å². The number of rotatable bonds is 4. The molecule has 2 heterocycles. The maximum Gasteiger partial charge on any atom is 0.274 e. The van der Waals surface area contributed by atoms with E-state index in [2.05, 4.69) is 5.10 Å². The molecular weight excluding hydrogens is 351 g/mol. The van der Waals surface area contributed by atoms with E-state index < -0.39 is 11.9 Å². The smallest absolute Gasteiger partial charge is 0.274 e. The normalized spacial score (nSPS) is 12.4. The molecule has 0 saturated carbocycles. The third-order valence-electron chi connectivity index (χ3n) is 4.23. The highest BCUT2D eigenvalue weighted by molar-refractivity contribution is 7.13. The molecule has 0 spiro atoms. The van der Waals surface area contributed by atoms with Crippen LogP contribution in [0.2, 0.25) is 0 Å². The molecule has 0 aliphatic rings. The summed E-state index contributed by atoms with van der Waals surface area (Å²) in [6.45, 7) is -0.122. The van der Waals surface area contributed by atoms with Crippen LogP contribution in [0.15, 0.2) is 70.8 Å². The van der Waals surface area contributed by atoms with E-state index in [0.29, 0.717) is 11.1 Å². The second-order valence-corrected chi connectivity index (χ2v) is 6.84. The summed E-state index contributed by atoms with van der Waals surface area (Å²) in [5.74, 6) is -0.507. The van der Waals surface area contributed by atoms with E-state index in [9.17, 15) is 14.3 Å². The Morgan fingerprint density at radius 3 is 2.50 bits per heavy atom. The zero-order valence-electron chi connectivity index (χ0n) is 13.7. The number of hydrogen-bond acceptors (Lipinski definition) is 4. The molecular formula is C20H15FN2O2S. The molecule has 4 rings (SSSR count). The molecule has 2 aromatic heterocycles. The average Bonchev–Trinajstić information content (AvgIpc) is 3.19. The second-order valence-electron chi connectivity index (χ2n) is 5.90. The van der Waals surface area contributed by atoms with Gasteiger partial charge < -0.3 is 5.11 Å². The molecule has 0 aliphatic heterocycles. The molecule has 4 nitrogen and oxygen atoms in total. The number of thiophene rings is 1. The van der Waals surface area contributed by atoms with Crippen molar-refractivity contribution in [1.82, 2.24) is 9.78 Å². The third-order valence-corrected chi connectivity index (χ3v) is 5.11. The molecule has 4 aromatic rings. The summed E-state index contributed by atoms with van der Waals surface area (Å²) in [6, 6.07) is 17.1. The third kappa shape index (κ3) is 2.94. The van der Waals surface area contributed by atoms with Gasteiger partial charge in [-0.25, -0.2) is 9.07 Å². The maximum absolute atomic E-state index is 13.9. The van der Waals surface area contributed by atoms with Gasteiger partial charge in [0.2, 0.25) is 0 Å². The van der Waals surface area contributed by atoms with Crippen LogP contribution in [0.1, 0.15) is 11.7 Å². The highest BCUT2D eigenvalue weighted by atomic mass is 32.1. The number of aromatic nitrogens is 2. The van der Waals surface area contributed by atoms with Gasteiger partial charge in [-0.1, -0.05) is 42.5 Å². The Hall–Kier alpha value is -2.83. The van der Waals surface area contributed by atoms with Gasteiger partial charge >= 0.3 is 0 Å². The number of aliphatic hydroxyl groups excluding tert-OH is 1. The summed E-state index contributed by atoms with van der Waals surface area (Å²) in [5, 5.41) is 18.1. The number of halogens is 1. The zero-order valence-corrected chi connectivity index (χ0v) is 14.5. The molecule has 2 aromatic carbocycles. The topological polar surface area (TPSA) is 55.1 Å². The predicted molar refractivity (Wildman–Crippen MR) is 101 cm³/mol. The van der Waals surface area contributed by atoms with Gasteiger partial charge in [0.05, 0.1) is 16.8 Å². The molecule has 1 atom stereocenters. The van der Waals surface area contributed by atoms with Crippen molar-refractivity contribution in [3.05, 3.63) is 87.8 Å². The largest absolute Gasteiger partial charge is 0.386 e. The van der Waals surface area contributed by atoms with Gasteiger partial charge in [-0.05, 0) is 23.6 Å². The molecule has 0 bridgehead atoms. The van der Waals surface area contributed by atoms with E-state index in [1.807, 2.05) is 29.6 Å². The highest BCUT2D eigenvalue weighted by Crippen LogP contribution is 2.28. The van der Waals surface area contributed by atoms with E-state index in [4.69, 9.17) is 0 Å². The molecule has 26 heavy (non-hydrogen) atoms. The first-order valence-electron chi connectivity index (χ1n) is 8.11. The van der Waals surface area contributed by atoms with Crippen molar-refractivity contribution in [1.29, 1.82) is 0 Å². The lowest BCUT2D eigenvalue weighted by Gasteiger charge is -2.15. The standard InChI is InChI=1S/C20H15FN2O2S/c21-16-9-4-3-8-15(16)17(24)12-23-20(25)14-7-2-1-6-13(14)19(22-23)18-10-5-11-26-18/h1-11,17,24H,12H2. The van der Waals surface area contributed by atoms with Gasteiger partial charge in [0, 0.05) is 10.9 Å². The Morgan fingerprint density at radius 2 is 1.77 bits per heavy atom. The minimum absolute atomic E-state index is 0.122. The Labute approximate surface area is 152 Å². The van der Waals surface area contributed by atoms with Crippen molar-refractivity contribution in [3.8, 4) is 10.6 Å². The summed E-state index contributed by atoms with van der Waals surface area (Å²) in [7, 11) is 0. The van der Waals surface area contributed by atoms with Gasteiger partial charge in [0.1, 0.15) is 17.6 Å². The van der Waals surface area contributed by atoms with Crippen molar-refractivity contribution >= 4 is 22.1 Å². The lowest BCUT2D eigenvalue weighted by atomic mass is 10.1. The van der Waals surface area contributed by atoms with Gasteiger partial charge in [-0.15, -0.1) is 11.3 Å². The minimum Gasteiger partial charge on any atom is -0.386 e. The van der Waals surface area contributed by atoms with Crippen LogP contribution < -0.4 is 5.56 Å². The lowest BCUT2D eigenvalue weighted by molar-refractivity contribution is 0.145. The summed E-state index contributed by atoms with van der Waals surface area (Å²) >= 11 is 1.52. The van der Waals surface area contributed by atoms with Crippen molar-refractivity contribution in [2.45, 2.75) is 12.6 Å². The Bertz CT molecular complexity index is 1120. The van der Waals surface area contributed by atoms with Crippen LogP contribution in [0.4, 0.5) is 4.39 Å². The first-order valence-corrected chi connectivity index (χ1v) is 8.99. The van der Waals surface area contributed by atoms with E-state index in [0.717, 1.165) is 10.3 Å². The highest BCUT2D eigenvalue weighted by Gasteiger charge is 2.17. The SMILES string of the molecule is O=c1c2ccccc2c(-c2cccs2)nn1CC(O)c1ccccc1F. The van der Waals surface area contributed by atoms with Crippen molar-refractivity contribution in [2.75, 3.05) is 0 Å². The molecule has 0 amide bonds. The Morgan fingerprint density at radius 1 is 1.04 bits per heavy atom. The number of hydrogen-bond donors (Lipinski definition) is 1. The van der Waals surface area contributed by atoms with Gasteiger partial charge in [-0.3, -0.25) is 4.79 Å². The number of nitrogens with zero attached hydrogens (tertiary/aromatic N) is 2. The van der Waals surface area contributed by atoms with Crippen LogP contribution in [-0.2, 0) is 6.54 Å². The quantitative estimate of drug-likeness (QED) is 0.594. The summed E-state index contributed by atoms with van der Waals surface area (Å²) in [6.07, 6.45) is -1.17. The average molecular weight is 366 g/mol. The zero-order chi connectivity index (χ0) is 18.1. The van der Waals surface area contributed by atoms with Gasteiger partial charge in [-0.2, -0.15) is 5.10 Å². The van der Waals surface area contributed by atoms with Crippen LogP contribution in [-0.4, -0.2) is 14.9 Å². The molecule has 1 N–H and O–H groups in total. The lowest BCUT2D eigenvalue weighted by Crippen LogP contribution is -2.27. The van der Waals surface area contributed by atoms with Crippen LogP contribution >= 0.6 is 11.3 Å². The number of aliphatic hydroxyl groups is 1. The molecule has 130 valence electrons. The molecule has 0 radical (unpaired) electrons. The minimum atomic E-state index is -1.17. The van der Waals surface area contributed by atoms with Crippen molar-refractivity contribution < 1.29 is 9.50 Å². The molecule has 0 aliphatic carbocycles. The summed E-state index contributed by atoms with van der Waals surface area (Å²) in [4.78, 5) is 13.7. The fraction of sp³-hybridized carbons (Fsp3) is 0.100. The Balaban J connectivity index is 1.84. The monoisotopic (exact) mass is 366 g/mol. The first kappa shape index (κ1) is 16.6. The van der Waals surface area contributed by atoms with E-state index in [-0.39, 0.29) is 17.7 Å². The molecule has 1 unspecified atom stereocenters. The van der Waals surface area contributed by atoms with Crippen LogP contribution in [0, 0.1) is 5.82 Å². The van der Waals surface area contributed by atoms with Crippen molar-refractivity contribution in [3.63, 3.8) is 0 Å². The van der Waals surface area contributed by atoms with E-state index in [1.165, 1.54) is 28.2 Å². The maximum atomic E-state index is 13.9. The first-order chi connectivity index (χ1) is 12.6. The fourth-order valence-corrected chi connectivity index (χ4v) is 3.68. The van der Waals surface area contributed by atoms with Crippen LogP contribution in [0.25, 0.3) is 21.3 Å². The summed E-state index contributed by atoms with van der Waals surface area (Å²) < 4.78 is 15.1. The number of benzene rings is 2. The molecule has 0 saturated heterocycles. The predicted octanol–water partition coefficient (Wildman–Crippen LogP) is 4.00. The summed E-state index contributed by atoms with van der Waals surface area (Å²) in [5.41, 5.74) is 0.513. The fourth-order valence-electron chi connectivity index (χ4n) is 2.96. The Kier molecular flexibility index (Phi) is 4.36. The number of fused-ring (bicyclic) bond motifs is 1. The van der Waals surface area contributed by atoms with E-state index in [1.54, 1.807) is 24.3 Å². The van der Waals surface area contributed by atoms with Crippen molar-refractivity contribution in [2.24, 2.45) is 0 Å².